The third-order valence-corrected chi connectivity index (χ3v) is 5.54. The fourth-order valence-electron chi connectivity index (χ4n) is 2.38. The molecular weight excluding hydrogens is 310 g/mol. The van der Waals surface area contributed by atoms with E-state index < -0.39 is 10.0 Å². The van der Waals surface area contributed by atoms with Crippen molar-refractivity contribution in [1.82, 2.24) is 14.8 Å². The van der Waals surface area contributed by atoms with Gasteiger partial charge in [0.25, 0.3) is 5.88 Å². The number of rotatable bonds is 6. The number of nitrogens with one attached hydrogen (secondary N) is 1. The Hall–Kier alpha value is -1.61. The third kappa shape index (κ3) is 3.98. The number of hydrogen-bond donors (Lipinski definition) is 1. The first-order valence-corrected chi connectivity index (χ1v) is 8.82. The molecule has 1 saturated heterocycles. The van der Waals surface area contributed by atoms with Crippen LogP contribution in [0.15, 0.2) is 10.6 Å². The average molecular weight is 331 g/mol. The summed E-state index contributed by atoms with van der Waals surface area (Å²) in [5.74, 6) is 0.381. The highest BCUT2D eigenvalue weighted by Crippen LogP contribution is 2.20. The molecule has 1 aliphatic rings. The predicted octanol–water partition coefficient (Wildman–Crippen LogP) is 0.361. The maximum Gasteiger partial charge on any atom is 0.254 e. The smallest absolute Gasteiger partial charge is 0.254 e. The molecule has 1 fully saturated rings. The Bertz CT molecular complexity index is 613. The average Bonchev–Trinajstić information content (AvgIpc) is 3.00. The molecule has 1 N–H and O–H groups in total. The van der Waals surface area contributed by atoms with Gasteiger partial charge in [0.2, 0.25) is 15.9 Å². The number of nitrogens with zero attached hydrogens (tertiary/aromatic N) is 2. The minimum absolute atomic E-state index is 0.0548. The maximum absolute atomic E-state index is 12.2. The summed E-state index contributed by atoms with van der Waals surface area (Å²) in [4.78, 5) is 12.2. The Morgan fingerprint density at radius 1 is 1.59 bits per heavy atom. The van der Waals surface area contributed by atoms with E-state index in [1.807, 2.05) is 0 Å². The molecular formula is C13H21N3O5S. The topological polar surface area (TPSA) is 102 Å². The van der Waals surface area contributed by atoms with Gasteiger partial charge in [-0.05, 0) is 24.9 Å². The summed E-state index contributed by atoms with van der Waals surface area (Å²) in [6, 6.07) is 1.59. The lowest BCUT2D eigenvalue weighted by molar-refractivity contribution is -0.126. The summed E-state index contributed by atoms with van der Waals surface area (Å²) in [7, 11) is -1.77. The second kappa shape index (κ2) is 7.10. The van der Waals surface area contributed by atoms with Crippen LogP contribution in [0.5, 0.6) is 5.88 Å². The van der Waals surface area contributed by atoms with Gasteiger partial charge in [-0.25, -0.2) is 12.7 Å². The molecule has 1 amide bonds. The fourth-order valence-corrected chi connectivity index (χ4v) is 3.56. The van der Waals surface area contributed by atoms with E-state index >= 15 is 0 Å². The standard InChI is InChI=1S/C13H21N3O5S/c1-3-22(18,19)16-6-4-5-10(9-16)13(17)14-8-11-7-12(20-2)15-21-11/h7,10H,3-6,8-9H2,1-2H3,(H,14,17). The minimum Gasteiger partial charge on any atom is -0.479 e. The molecule has 0 aromatic carbocycles. The van der Waals surface area contributed by atoms with Crippen molar-refractivity contribution in [1.29, 1.82) is 0 Å². The summed E-state index contributed by atoms with van der Waals surface area (Å²) in [5.41, 5.74) is 0. The van der Waals surface area contributed by atoms with Crippen LogP contribution in [0, 0.1) is 5.92 Å². The van der Waals surface area contributed by atoms with Crippen molar-refractivity contribution in [2.45, 2.75) is 26.3 Å². The van der Waals surface area contributed by atoms with E-state index in [1.54, 1.807) is 13.0 Å². The molecule has 0 spiro atoms. The molecule has 2 heterocycles. The zero-order chi connectivity index (χ0) is 16.2. The van der Waals surface area contributed by atoms with Crippen LogP contribution >= 0.6 is 0 Å². The number of piperidine rings is 1. The quantitative estimate of drug-likeness (QED) is 0.807. The first-order valence-electron chi connectivity index (χ1n) is 7.21. The minimum atomic E-state index is -3.25. The van der Waals surface area contributed by atoms with E-state index in [1.165, 1.54) is 11.4 Å². The highest BCUT2D eigenvalue weighted by atomic mass is 32.2. The van der Waals surface area contributed by atoms with E-state index in [0.717, 1.165) is 0 Å². The van der Waals surface area contributed by atoms with Crippen LogP contribution in [-0.4, -0.2) is 49.7 Å². The zero-order valence-electron chi connectivity index (χ0n) is 12.7. The summed E-state index contributed by atoms with van der Waals surface area (Å²) in [6.45, 7) is 2.53. The fraction of sp³-hybridized carbons (Fsp3) is 0.692. The molecule has 0 radical (unpaired) electrons. The van der Waals surface area contributed by atoms with E-state index in [4.69, 9.17) is 9.26 Å². The lowest BCUT2D eigenvalue weighted by Crippen LogP contribution is -2.45. The normalized spacial score (nSPS) is 19.8. The Morgan fingerprint density at radius 2 is 2.36 bits per heavy atom. The Balaban J connectivity index is 1.89. The number of methoxy groups -OCH3 is 1. The number of hydrogen-bond acceptors (Lipinski definition) is 6. The largest absolute Gasteiger partial charge is 0.479 e. The van der Waals surface area contributed by atoms with Gasteiger partial charge in [-0.1, -0.05) is 0 Å². The van der Waals surface area contributed by atoms with E-state index in [0.29, 0.717) is 31.0 Å². The molecule has 0 aliphatic carbocycles. The van der Waals surface area contributed by atoms with Gasteiger partial charge in [0.15, 0.2) is 5.76 Å². The van der Waals surface area contributed by atoms with Crippen molar-refractivity contribution in [3.8, 4) is 5.88 Å². The maximum atomic E-state index is 12.2. The van der Waals surface area contributed by atoms with Crippen LogP contribution in [0.4, 0.5) is 0 Å². The first-order chi connectivity index (χ1) is 10.5. The molecule has 124 valence electrons. The SMILES string of the molecule is CCS(=O)(=O)N1CCCC(C(=O)NCc2cc(OC)no2)C1. The van der Waals surface area contributed by atoms with E-state index in [9.17, 15) is 13.2 Å². The van der Waals surface area contributed by atoms with Crippen LogP contribution in [0.25, 0.3) is 0 Å². The van der Waals surface area contributed by atoms with Crippen molar-refractivity contribution >= 4 is 15.9 Å². The molecule has 1 unspecified atom stereocenters. The van der Waals surface area contributed by atoms with Crippen molar-refractivity contribution in [2.75, 3.05) is 26.0 Å². The van der Waals surface area contributed by atoms with E-state index in [2.05, 4.69) is 10.5 Å². The molecule has 9 heteroatoms. The molecule has 0 bridgehead atoms. The number of ether oxygens (including phenoxy) is 1. The number of carbonyl (C=O) groups is 1. The Morgan fingerprint density at radius 3 is 3.00 bits per heavy atom. The summed E-state index contributed by atoms with van der Waals surface area (Å²) < 4.78 is 35.1. The highest BCUT2D eigenvalue weighted by Gasteiger charge is 2.31. The number of aromatic nitrogens is 1. The molecule has 1 aliphatic heterocycles. The summed E-state index contributed by atoms with van der Waals surface area (Å²) in [6.07, 6.45) is 1.37. The van der Waals surface area contributed by atoms with Gasteiger partial charge >= 0.3 is 0 Å². The first kappa shape index (κ1) is 16.8. The molecule has 1 aromatic rings. The molecule has 22 heavy (non-hydrogen) atoms. The van der Waals surface area contributed by atoms with Gasteiger partial charge in [0.1, 0.15) is 0 Å². The van der Waals surface area contributed by atoms with Crippen LogP contribution in [0.2, 0.25) is 0 Å². The van der Waals surface area contributed by atoms with Crippen LogP contribution in [0.3, 0.4) is 0 Å². The van der Waals surface area contributed by atoms with Gasteiger partial charge in [0.05, 0.1) is 25.3 Å². The van der Waals surface area contributed by atoms with Gasteiger partial charge in [-0.15, -0.1) is 0 Å². The van der Waals surface area contributed by atoms with Gasteiger partial charge in [-0.2, -0.15) is 0 Å². The lowest BCUT2D eigenvalue weighted by atomic mass is 9.99. The molecule has 0 saturated carbocycles. The van der Waals surface area contributed by atoms with Crippen molar-refractivity contribution in [2.24, 2.45) is 5.92 Å². The van der Waals surface area contributed by atoms with Gasteiger partial charge < -0.3 is 14.6 Å². The zero-order valence-corrected chi connectivity index (χ0v) is 13.6. The Kier molecular flexibility index (Phi) is 5.41. The van der Waals surface area contributed by atoms with Gasteiger partial charge in [0, 0.05) is 19.2 Å². The molecule has 1 atom stereocenters. The number of amides is 1. The van der Waals surface area contributed by atoms with Crippen LogP contribution in [0.1, 0.15) is 25.5 Å². The van der Waals surface area contributed by atoms with E-state index in [-0.39, 0.29) is 30.7 Å². The second-order valence-corrected chi connectivity index (χ2v) is 7.41. The third-order valence-electron chi connectivity index (χ3n) is 3.70. The summed E-state index contributed by atoms with van der Waals surface area (Å²) >= 11 is 0. The van der Waals surface area contributed by atoms with Crippen molar-refractivity contribution in [3.05, 3.63) is 11.8 Å². The number of carbonyl (C=O) groups excluding carboxylic acids is 1. The highest BCUT2D eigenvalue weighted by molar-refractivity contribution is 7.89. The molecule has 8 nitrogen and oxygen atoms in total. The molecule has 1 aromatic heterocycles. The van der Waals surface area contributed by atoms with Crippen molar-refractivity contribution in [3.63, 3.8) is 0 Å². The number of sulfonamides is 1. The summed E-state index contributed by atoms with van der Waals surface area (Å²) in [5, 5.41) is 6.39. The van der Waals surface area contributed by atoms with Gasteiger partial charge in [-0.3, -0.25) is 4.79 Å². The van der Waals surface area contributed by atoms with Crippen molar-refractivity contribution < 1.29 is 22.5 Å². The lowest BCUT2D eigenvalue weighted by Gasteiger charge is -2.30. The monoisotopic (exact) mass is 331 g/mol. The van der Waals surface area contributed by atoms with Crippen LogP contribution < -0.4 is 10.1 Å². The second-order valence-electron chi connectivity index (χ2n) is 5.15. The Labute approximate surface area is 129 Å². The van der Waals surface area contributed by atoms with Crippen LogP contribution in [-0.2, 0) is 21.4 Å². The predicted molar refractivity (Wildman–Crippen MR) is 78.7 cm³/mol. The molecule has 2 rings (SSSR count).